The van der Waals surface area contributed by atoms with Crippen LogP contribution < -0.4 is 0 Å². The number of carbonyl (C=O) groups excluding carboxylic acids is 2. The molecule has 0 aromatic heterocycles. The lowest BCUT2D eigenvalue weighted by atomic mass is 9.95. The van der Waals surface area contributed by atoms with Crippen LogP contribution in [0.2, 0.25) is 0 Å². The van der Waals surface area contributed by atoms with E-state index in [9.17, 15) is 14.7 Å². The quantitative estimate of drug-likeness (QED) is 0.411. The van der Waals surface area contributed by atoms with Crippen molar-refractivity contribution in [3.05, 3.63) is 58.7 Å². The number of aliphatic hydroxyl groups excluding tert-OH is 1. The highest BCUT2D eigenvalue weighted by molar-refractivity contribution is 6.00. The molecule has 0 bridgehead atoms. The standard InChI is InChI=1S/C27H36N2O5/c1-19-15-20(2)26-22(16-19)17-23(28-33-18-25(31)29-13-5-4-6-14-29)10-8-12-24(30)11-7-9-21(3)34-27(26)32/h7-8,10-11,15-16,21,24,30H,4-6,9,12-14,17-18H2,1-3H3/b10-8+,11-7+,28-23?/t21-,24-/m1/s1. The molecule has 2 atom stereocenters. The maximum Gasteiger partial charge on any atom is 0.338 e. The molecule has 0 saturated carbocycles. The van der Waals surface area contributed by atoms with Gasteiger partial charge in [0.15, 0.2) is 6.61 Å². The third kappa shape index (κ3) is 7.55. The number of benzene rings is 1. The predicted octanol–water partition coefficient (Wildman–Crippen LogP) is 4.04. The van der Waals surface area contributed by atoms with Crippen LogP contribution in [0.15, 0.2) is 41.6 Å². The Labute approximate surface area is 202 Å². The van der Waals surface area contributed by atoms with Gasteiger partial charge < -0.3 is 19.6 Å². The van der Waals surface area contributed by atoms with Crippen LogP contribution in [-0.2, 0) is 20.8 Å². The number of nitrogens with zero attached hydrogens (tertiary/aromatic N) is 2. The summed E-state index contributed by atoms with van der Waals surface area (Å²) < 4.78 is 5.68. The Morgan fingerprint density at radius 3 is 2.71 bits per heavy atom. The SMILES string of the molecule is Cc1cc(C)c2c(c1)CC(=NOCC(=O)N1CCCCC1)/C=C/C[C@H](O)/C=C/C[C@@H](C)OC2=O. The molecule has 2 aliphatic rings. The maximum absolute atomic E-state index is 13.0. The van der Waals surface area contributed by atoms with Crippen molar-refractivity contribution in [2.75, 3.05) is 19.7 Å². The lowest BCUT2D eigenvalue weighted by Gasteiger charge is -2.26. The molecule has 0 spiro atoms. The highest BCUT2D eigenvalue weighted by Gasteiger charge is 2.21. The number of amides is 1. The minimum absolute atomic E-state index is 0.0702. The minimum Gasteiger partial charge on any atom is -0.459 e. The normalized spacial score (nSPS) is 25.1. The van der Waals surface area contributed by atoms with Crippen molar-refractivity contribution >= 4 is 17.6 Å². The van der Waals surface area contributed by atoms with Gasteiger partial charge in [-0.15, -0.1) is 0 Å². The van der Waals surface area contributed by atoms with Gasteiger partial charge in [-0.1, -0.05) is 41.1 Å². The number of hydrogen-bond donors (Lipinski definition) is 1. The summed E-state index contributed by atoms with van der Waals surface area (Å²) in [5, 5.41) is 14.4. The van der Waals surface area contributed by atoms with Crippen LogP contribution in [0.1, 0.15) is 66.1 Å². The molecule has 1 saturated heterocycles. The smallest absolute Gasteiger partial charge is 0.338 e. The number of allylic oxidation sites excluding steroid dienone is 1. The van der Waals surface area contributed by atoms with E-state index in [-0.39, 0.29) is 24.6 Å². The number of esters is 1. The summed E-state index contributed by atoms with van der Waals surface area (Å²) in [6.45, 7) is 7.12. The van der Waals surface area contributed by atoms with Crippen LogP contribution in [0.3, 0.4) is 0 Å². The molecule has 0 aliphatic carbocycles. The predicted molar refractivity (Wildman–Crippen MR) is 132 cm³/mol. The second kappa shape index (κ2) is 12.5. The van der Waals surface area contributed by atoms with Gasteiger partial charge in [-0.05, 0) is 63.7 Å². The number of aryl methyl sites for hydroxylation is 2. The molecule has 184 valence electrons. The molecule has 7 nitrogen and oxygen atoms in total. The second-order valence-electron chi connectivity index (χ2n) is 9.18. The summed E-state index contributed by atoms with van der Waals surface area (Å²) in [6.07, 6.45) is 10.6. The molecular weight excluding hydrogens is 432 g/mol. The van der Waals surface area contributed by atoms with Crippen LogP contribution in [0, 0.1) is 13.8 Å². The van der Waals surface area contributed by atoms with Gasteiger partial charge in [-0.3, -0.25) is 4.79 Å². The van der Waals surface area contributed by atoms with Crippen LogP contribution in [0.25, 0.3) is 0 Å². The Balaban J connectivity index is 1.86. The maximum atomic E-state index is 13.0. The Bertz CT molecular complexity index is 960. The Morgan fingerprint density at radius 1 is 1.18 bits per heavy atom. The molecule has 0 radical (unpaired) electrons. The number of piperidine rings is 1. The highest BCUT2D eigenvalue weighted by Crippen LogP contribution is 2.21. The summed E-state index contributed by atoms with van der Waals surface area (Å²) in [5.74, 6) is -0.449. The lowest BCUT2D eigenvalue weighted by Crippen LogP contribution is -2.37. The molecule has 34 heavy (non-hydrogen) atoms. The second-order valence-corrected chi connectivity index (χ2v) is 9.18. The number of aliphatic hydroxyl groups is 1. The zero-order valence-electron chi connectivity index (χ0n) is 20.5. The van der Waals surface area contributed by atoms with Gasteiger partial charge in [0, 0.05) is 25.9 Å². The van der Waals surface area contributed by atoms with Crippen LogP contribution >= 0.6 is 0 Å². The summed E-state index contributed by atoms with van der Waals surface area (Å²) in [4.78, 5) is 32.7. The zero-order chi connectivity index (χ0) is 24.5. The van der Waals surface area contributed by atoms with Crippen molar-refractivity contribution < 1.29 is 24.3 Å². The summed E-state index contributed by atoms with van der Waals surface area (Å²) >= 11 is 0. The van der Waals surface area contributed by atoms with E-state index in [0.717, 1.165) is 49.0 Å². The number of oxime groups is 1. The minimum atomic E-state index is -0.651. The van der Waals surface area contributed by atoms with Crippen molar-refractivity contribution in [2.45, 2.75) is 71.5 Å². The fourth-order valence-electron chi connectivity index (χ4n) is 4.35. The van der Waals surface area contributed by atoms with E-state index in [1.165, 1.54) is 0 Å². The molecule has 1 amide bonds. The summed E-state index contributed by atoms with van der Waals surface area (Å²) in [7, 11) is 0. The first-order valence-corrected chi connectivity index (χ1v) is 12.1. The molecule has 3 rings (SSSR count). The molecule has 1 aromatic carbocycles. The van der Waals surface area contributed by atoms with Gasteiger partial charge in [-0.2, -0.15) is 0 Å². The van der Waals surface area contributed by atoms with Gasteiger partial charge in [-0.25, -0.2) is 4.79 Å². The first-order chi connectivity index (χ1) is 16.3. The van der Waals surface area contributed by atoms with Gasteiger partial charge in [0.1, 0.15) is 6.10 Å². The first kappa shape index (κ1) is 25.7. The molecule has 1 fully saturated rings. The number of fused-ring (bicyclic) bond motifs is 1. The number of cyclic esters (lactones) is 1. The van der Waals surface area contributed by atoms with Gasteiger partial charge in [0.2, 0.25) is 0 Å². The number of rotatable bonds is 3. The van der Waals surface area contributed by atoms with E-state index in [2.05, 4.69) is 5.16 Å². The third-order valence-electron chi connectivity index (χ3n) is 6.04. The van der Waals surface area contributed by atoms with E-state index >= 15 is 0 Å². The van der Waals surface area contributed by atoms with Crippen molar-refractivity contribution in [2.24, 2.45) is 5.16 Å². The van der Waals surface area contributed by atoms with Crippen molar-refractivity contribution in [3.8, 4) is 0 Å². The fourth-order valence-corrected chi connectivity index (χ4v) is 4.35. The average molecular weight is 469 g/mol. The van der Waals surface area contributed by atoms with Crippen LogP contribution in [0.4, 0.5) is 0 Å². The topological polar surface area (TPSA) is 88.4 Å². The largest absolute Gasteiger partial charge is 0.459 e. The molecule has 1 aromatic rings. The molecule has 2 heterocycles. The molecular formula is C27H36N2O5. The Morgan fingerprint density at radius 2 is 1.94 bits per heavy atom. The van der Waals surface area contributed by atoms with Crippen molar-refractivity contribution in [1.82, 2.24) is 4.90 Å². The Hall–Kier alpha value is -2.93. The summed E-state index contributed by atoms with van der Waals surface area (Å²) in [6, 6.07) is 3.92. The van der Waals surface area contributed by atoms with E-state index in [1.807, 2.05) is 50.0 Å². The van der Waals surface area contributed by atoms with Crippen molar-refractivity contribution in [1.29, 1.82) is 0 Å². The first-order valence-electron chi connectivity index (χ1n) is 12.1. The Kier molecular flexibility index (Phi) is 9.45. The average Bonchev–Trinajstić information content (AvgIpc) is 2.78. The molecule has 2 aliphatic heterocycles. The van der Waals surface area contributed by atoms with E-state index in [4.69, 9.17) is 9.57 Å². The fraction of sp³-hybridized carbons (Fsp3) is 0.519. The highest BCUT2D eigenvalue weighted by atomic mass is 16.6. The van der Waals surface area contributed by atoms with E-state index in [1.54, 1.807) is 12.2 Å². The van der Waals surface area contributed by atoms with E-state index in [0.29, 0.717) is 30.5 Å². The van der Waals surface area contributed by atoms with Gasteiger partial charge >= 0.3 is 5.97 Å². The molecule has 7 heteroatoms. The lowest BCUT2D eigenvalue weighted by molar-refractivity contribution is -0.137. The number of likely N-dealkylation sites (tertiary alicyclic amines) is 1. The van der Waals surface area contributed by atoms with Crippen LogP contribution in [-0.4, -0.2) is 59.5 Å². The number of hydrogen-bond acceptors (Lipinski definition) is 6. The third-order valence-corrected chi connectivity index (χ3v) is 6.04. The zero-order valence-corrected chi connectivity index (χ0v) is 20.5. The molecule has 0 unspecified atom stereocenters. The molecule has 1 N–H and O–H groups in total. The van der Waals surface area contributed by atoms with Crippen molar-refractivity contribution in [3.63, 3.8) is 0 Å². The van der Waals surface area contributed by atoms with E-state index < -0.39 is 6.10 Å². The van der Waals surface area contributed by atoms with Crippen LogP contribution in [0.5, 0.6) is 0 Å². The number of ether oxygens (including phenoxy) is 1. The number of carbonyl (C=O) groups is 2. The summed E-state index contributed by atoms with van der Waals surface area (Å²) in [5.41, 5.74) is 3.75. The van der Waals surface area contributed by atoms with Gasteiger partial charge in [0.25, 0.3) is 5.91 Å². The monoisotopic (exact) mass is 468 g/mol. The van der Waals surface area contributed by atoms with Gasteiger partial charge in [0.05, 0.1) is 17.4 Å².